The normalized spacial score (nSPS) is 10.6. The molecule has 6 nitrogen and oxygen atoms in total. The van der Waals surface area contributed by atoms with Crippen molar-refractivity contribution in [2.24, 2.45) is 0 Å². The van der Waals surface area contributed by atoms with Gasteiger partial charge in [-0.1, -0.05) is 6.07 Å². The second kappa shape index (κ2) is 7.66. The predicted octanol–water partition coefficient (Wildman–Crippen LogP) is 4.57. The number of amides is 1. The van der Waals surface area contributed by atoms with Crippen LogP contribution in [0.3, 0.4) is 0 Å². The van der Waals surface area contributed by atoms with Crippen molar-refractivity contribution < 1.29 is 9.53 Å². The Morgan fingerprint density at radius 3 is 2.68 bits per heavy atom. The quantitative estimate of drug-likeness (QED) is 0.542. The highest BCUT2D eigenvalue weighted by Gasteiger charge is 2.14. The number of nitrogens with one attached hydrogen (secondary N) is 1. The molecule has 0 saturated carbocycles. The lowest BCUT2D eigenvalue weighted by atomic mass is 10.1. The molecule has 28 heavy (non-hydrogen) atoms. The third kappa shape index (κ3) is 3.65. The zero-order valence-corrected chi connectivity index (χ0v) is 16.2. The number of aromatic nitrogens is 3. The van der Waals surface area contributed by atoms with Gasteiger partial charge >= 0.3 is 0 Å². The summed E-state index contributed by atoms with van der Waals surface area (Å²) in [7, 11) is 1.64. The molecule has 0 aliphatic heterocycles. The first-order valence-corrected chi connectivity index (χ1v) is 9.49. The van der Waals surface area contributed by atoms with Gasteiger partial charge in [-0.15, -0.1) is 11.3 Å². The summed E-state index contributed by atoms with van der Waals surface area (Å²) in [5, 5.41) is 7.66. The average Bonchev–Trinajstić information content (AvgIpc) is 3.38. The highest BCUT2D eigenvalue weighted by Crippen LogP contribution is 2.31. The number of ether oxygens (including phenoxy) is 1. The number of methoxy groups -OCH3 is 1. The van der Waals surface area contributed by atoms with Crippen LogP contribution in [0.15, 0.2) is 67.0 Å². The molecule has 2 aromatic heterocycles. The summed E-state index contributed by atoms with van der Waals surface area (Å²) in [4.78, 5) is 18.3. The Bertz CT molecular complexity index is 1100. The molecule has 0 atom stereocenters. The summed E-state index contributed by atoms with van der Waals surface area (Å²) in [5.41, 5.74) is 3.21. The molecule has 0 fully saturated rings. The van der Waals surface area contributed by atoms with Crippen molar-refractivity contribution in [1.82, 2.24) is 14.8 Å². The van der Waals surface area contributed by atoms with Crippen molar-refractivity contribution in [2.75, 3.05) is 12.4 Å². The number of hydrogen-bond donors (Lipinski definition) is 1. The van der Waals surface area contributed by atoms with E-state index < -0.39 is 0 Å². The first kappa shape index (κ1) is 17.9. The van der Waals surface area contributed by atoms with Crippen LogP contribution in [0.25, 0.3) is 16.9 Å². The molecular weight excluding hydrogens is 372 g/mol. The van der Waals surface area contributed by atoms with E-state index in [-0.39, 0.29) is 5.91 Å². The molecule has 2 heterocycles. The first-order valence-electron chi connectivity index (χ1n) is 8.67. The minimum Gasteiger partial charge on any atom is -0.497 e. The molecule has 0 radical (unpaired) electrons. The highest BCUT2D eigenvalue weighted by atomic mass is 32.1. The largest absolute Gasteiger partial charge is 0.497 e. The van der Waals surface area contributed by atoms with E-state index in [9.17, 15) is 4.79 Å². The van der Waals surface area contributed by atoms with Gasteiger partial charge in [0.25, 0.3) is 5.91 Å². The molecule has 1 N–H and O–H groups in total. The number of nitrogens with zero attached hydrogens (tertiary/aromatic N) is 3. The Morgan fingerprint density at radius 1 is 1.14 bits per heavy atom. The number of carbonyl (C=O) groups excluding carboxylic acids is 1. The number of carbonyl (C=O) groups is 1. The average molecular weight is 390 g/mol. The third-order valence-corrected chi connectivity index (χ3v) is 5.14. The molecule has 1 amide bonds. The summed E-state index contributed by atoms with van der Waals surface area (Å²) in [6.45, 7) is 1.99. The lowest BCUT2D eigenvalue weighted by Gasteiger charge is -2.05. The third-order valence-electron chi connectivity index (χ3n) is 4.26. The molecule has 0 spiro atoms. The van der Waals surface area contributed by atoms with E-state index in [0.717, 1.165) is 27.6 Å². The Kier molecular flexibility index (Phi) is 4.90. The van der Waals surface area contributed by atoms with Crippen LogP contribution >= 0.6 is 11.3 Å². The van der Waals surface area contributed by atoms with Crippen molar-refractivity contribution in [2.45, 2.75) is 6.92 Å². The zero-order valence-electron chi connectivity index (χ0n) is 15.4. The summed E-state index contributed by atoms with van der Waals surface area (Å²) >= 11 is 1.45. The molecule has 0 unspecified atom stereocenters. The van der Waals surface area contributed by atoms with E-state index in [4.69, 9.17) is 4.74 Å². The maximum atomic E-state index is 12.7. The van der Waals surface area contributed by atoms with Gasteiger partial charge in [-0.2, -0.15) is 5.10 Å². The molecule has 0 saturated heterocycles. The standard InChI is InChI=1S/C21H18N4O2S/c1-14-19(15-7-9-18(27-2)10-8-15)23-21(28-14)24-20(26)16-5-3-6-17(13-16)25-12-4-11-22-25/h3-13H,1-2H3,(H,23,24,26). The van der Waals surface area contributed by atoms with Gasteiger partial charge in [-0.05, 0) is 55.5 Å². The molecule has 0 aliphatic carbocycles. The van der Waals surface area contributed by atoms with Gasteiger partial charge in [0.15, 0.2) is 5.13 Å². The second-order valence-electron chi connectivity index (χ2n) is 6.11. The van der Waals surface area contributed by atoms with Gasteiger partial charge in [-0.25, -0.2) is 9.67 Å². The molecule has 7 heteroatoms. The Balaban J connectivity index is 1.55. The fourth-order valence-electron chi connectivity index (χ4n) is 2.85. The molecule has 2 aromatic carbocycles. The van der Waals surface area contributed by atoms with E-state index in [1.165, 1.54) is 11.3 Å². The van der Waals surface area contributed by atoms with Gasteiger partial charge in [0.05, 0.1) is 18.5 Å². The maximum absolute atomic E-state index is 12.7. The summed E-state index contributed by atoms with van der Waals surface area (Å²) in [5.74, 6) is 0.589. The molecule has 0 aliphatic rings. The van der Waals surface area contributed by atoms with Crippen LogP contribution < -0.4 is 10.1 Å². The van der Waals surface area contributed by atoms with Crippen LogP contribution in [0.4, 0.5) is 5.13 Å². The van der Waals surface area contributed by atoms with Crippen LogP contribution in [-0.2, 0) is 0 Å². The minimum atomic E-state index is -0.205. The second-order valence-corrected chi connectivity index (χ2v) is 7.31. The summed E-state index contributed by atoms with van der Waals surface area (Å²) in [6, 6.07) is 16.9. The van der Waals surface area contributed by atoms with E-state index in [2.05, 4.69) is 15.4 Å². The van der Waals surface area contributed by atoms with Gasteiger partial charge < -0.3 is 4.74 Å². The number of rotatable bonds is 5. The molecular formula is C21H18N4O2S. The Morgan fingerprint density at radius 2 is 1.96 bits per heavy atom. The SMILES string of the molecule is COc1ccc(-c2nc(NC(=O)c3cccc(-n4cccn4)c3)sc2C)cc1. The fraction of sp³-hybridized carbons (Fsp3) is 0.0952. The number of benzene rings is 2. The first-order chi connectivity index (χ1) is 13.6. The fourth-order valence-corrected chi connectivity index (χ4v) is 3.68. The molecule has 4 rings (SSSR count). The van der Waals surface area contributed by atoms with Crippen molar-refractivity contribution in [3.63, 3.8) is 0 Å². The van der Waals surface area contributed by atoms with E-state index in [1.54, 1.807) is 30.1 Å². The van der Waals surface area contributed by atoms with Gasteiger partial charge in [-0.3, -0.25) is 10.1 Å². The van der Waals surface area contributed by atoms with Crippen molar-refractivity contribution in [1.29, 1.82) is 0 Å². The van der Waals surface area contributed by atoms with Gasteiger partial charge in [0.1, 0.15) is 5.75 Å². The zero-order chi connectivity index (χ0) is 19.5. The lowest BCUT2D eigenvalue weighted by molar-refractivity contribution is 0.102. The maximum Gasteiger partial charge on any atom is 0.257 e. The summed E-state index contributed by atoms with van der Waals surface area (Å²) < 4.78 is 6.91. The van der Waals surface area contributed by atoms with Crippen LogP contribution in [0.5, 0.6) is 5.75 Å². The molecule has 0 bridgehead atoms. The van der Waals surface area contributed by atoms with E-state index >= 15 is 0 Å². The monoisotopic (exact) mass is 390 g/mol. The van der Waals surface area contributed by atoms with Crippen LogP contribution in [0.2, 0.25) is 0 Å². The van der Waals surface area contributed by atoms with Crippen molar-refractivity contribution in [3.8, 4) is 22.7 Å². The van der Waals surface area contributed by atoms with Crippen molar-refractivity contribution >= 4 is 22.4 Å². The minimum absolute atomic E-state index is 0.205. The Labute approximate surface area is 166 Å². The topological polar surface area (TPSA) is 69.0 Å². The molecule has 140 valence electrons. The summed E-state index contributed by atoms with van der Waals surface area (Å²) in [6.07, 6.45) is 3.54. The van der Waals surface area contributed by atoms with Gasteiger partial charge in [0, 0.05) is 28.4 Å². The van der Waals surface area contributed by atoms with E-state index in [1.807, 2.05) is 55.6 Å². The van der Waals surface area contributed by atoms with Crippen LogP contribution in [0.1, 0.15) is 15.2 Å². The number of hydrogen-bond acceptors (Lipinski definition) is 5. The number of anilines is 1. The number of aryl methyl sites for hydroxylation is 1. The predicted molar refractivity (Wildman–Crippen MR) is 110 cm³/mol. The number of thiazole rings is 1. The van der Waals surface area contributed by atoms with Crippen LogP contribution in [-0.4, -0.2) is 27.8 Å². The van der Waals surface area contributed by atoms with Crippen molar-refractivity contribution in [3.05, 3.63) is 77.4 Å². The molecule has 4 aromatic rings. The van der Waals surface area contributed by atoms with E-state index in [0.29, 0.717) is 10.7 Å². The Hall–Kier alpha value is -3.45. The smallest absolute Gasteiger partial charge is 0.257 e. The van der Waals surface area contributed by atoms with Crippen LogP contribution in [0, 0.1) is 6.92 Å². The highest BCUT2D eigenvalue weighted by molar-refractivity contribution is 7.16. The lowest BCUT2D eigenvalue weighted by Crippen LogP contribution is -2.12. The van der Waals surface area contributed by atoms with Gasteiger partial charge in [0.2, 0.25) is 0 Å².